The van der Waals surface area contributed by atoms with Crippen molar-refractivity contribution in [2.45, 2.75) is 18.9 Å². The van der Waals surface area contributed by atoms with E-state index in [1.165, 1.54) is 12.8 Å². The van der Waals surface area contributed by atoms with Crippen LogP contribution in [0.2, 0.25) is 0 Å². The second-order valence-electron chi connectivity index (χ2n) is 4.09. The van der Waals surface area contributed by atoms with Crippen LogP contribution >= 0.6 is 15.9 Å². The van der Waals surface area contributed by atoms with E-state index in [9.17, 15) is 0 Å². The fourth-order valence-corrected chi connectivity index (χ4v) is 2.13. The second kappa shape index (κ2) is 4.49. The van der Waals surface area contributed by atoms with Gasteiger partial charge >= 0.3 is 0 Å². The Morgan fingerprint density at radius 1 is 1.60 bits per heavy atom. The van der Waals surface area contributed by atoms with E-state index in [0.717, 1.165) is 16.2 Å². The van der Waals surface area contributed by atoms with Crippen LogP contribution in [0.3, 0.4) is 0 Å². The molecule has 1 saturated carbocycles. The number of nitrogens with two attached hydrogens (primary N) is 1. The predicted molar refractivity (Wildman–Crippen MR) is 65.9 cm³/mol. The molecule has 0 amide bonds. The van der Waals surface area contributed by atoms with Gasteiger partial charge in [0.05, 0.1) is 0 Å². The van der Waals surface area contributed by atoms with E-state index in [0.29, 0.717) is 12.6 Å². The van der Waals surface area contributed by atoms with Crippen molar-refractivity contribution in [2.24, 2.45) is 11.7 Å². The van der Waals surface area contributed by atoms with Crippen molar-refractivity contribution in [3.63, 3.8) is 0 Å². The van der Waals surface area contributed by atoms with Gasteiger partial charge in [-0.15, -0.1) is 0 Å². The third kappa shape index (κ3) is 2.49. The number of pyridine rings is 1. The van der Waals surface area contributed by atoms with Gasteiger partial charge in [0.25, 0.3) is 0 Å². The molecule has 0 aromatic carbocycles. The first-order valence-electron chi connectivity index (χ1n) is 5.27. The lowest BCUT2D eigenvalue weighted by molar-refractivity contribution is 0.566. The number of rotatable bonds is 4. The van der Waals surface area contributed by atoms with E-state index >= 15 is 0 Å². The zero-order chi connectivity index (χ0) is 10.8. The standard InChI is InChI=1S/C11H16BrN3/c1-15(10(6-13)8-2-3-8)11-5-4-9(12)7-14-11/h4-5,7-8,10H,2-3,6,13H2,1H3. The smallest absolute Gasteiger partial charge is 0.128 e. The second-order valence-corrected chi connectivity index (χ2v) is 5.00. The monoisotopic (exact) mass is 269 g/mol. The van der Waals surface area contributed by atoms with Crippen LogP contribution in [0.5, 0.6) is 0 Å². The van der Waals surface area contributed by atoms with Crippen LogP contribution in [0.25, 0.3) is 0 Å². The Kier molecular flexibility index (Phi) is 3.26. The maximum Gasteiger partial charge on any atom is 0.128 e. The molecule has 1 aromatic heterocycles. The molecule has 1 aromatic rings. The van der Waals surface area contributed by atoms with E-state index in [4.69, 9.17) is 5.73 Å². The summed E-state index contributed by atoms with van der Waals surface area (Å²) in [5, 5.41) is 0. The summed E-state index contributed by atoms with van der Waals surface area (Å²) >= 11 is 3.38. The maximum atomic E-state index is 5.80. The maximum absolute atomic E-state index is 5.80. The highest BCUT2D eigenvalue weighted by molar-refractivity contribution is 9.10. The Balaban J connectivity index is 2.11. The summed E-state index contributed by atoms with van der Waals surface area (Å²) in [6.07, 6.45) is 4.44. The first kappa shape index (κ1) is 10.9. The Labute approximate surface area is 98.8 Å². The van der Waals surface area contributed by atoms with Crippen LogP contribution in [0.4, 0.5) is 5.82 Å². The lowest BCUT2D eigenvalue weighted by Gasteiger charge is -2.28. The fraction of sp³-hybridized carbons (Fsp3) is 0.545. The number of aromatic nitrogens is 1. The Hall–Kier alpha value is -0.610. The van der Waals surface area contributed by atoms with Crippen LogP contribution in [0.1, 0.15) is 12.8 Å². The first-order chi connectivity index (χ1) is 7.22. The lowest BCUT2D eigenvalue weighted by atomic mass is 10.1. The average Bonchev–Trinajstić information content (AvgIpc) is 3.04. The van der Waals surface area contributed by atoms with E-state index in [1.807, 2.05) is 18.3 Å². The number of halogens is 1. The number of anilines is 1. The fourth-order valence-electron chi connectivity index (χ4n) is 1.89. The molecule has 82 valence electrons. The third-order valence-corrected chi connectivity index (χ3v) is 3.45. The molecule has 2 rings (SSSR count). The number of nitrogens with zero attached hydrogens (tertiary/aromatic N) is 2. The van der Waals surface area contributed by atoms with Gasteiger partial charge in [0.2, 0.25) is 0 Å². The van der Waals surface area contributed by atoms with Gasteiger partial charge in [0.15, 0.2) is 0 Å². The average molecular weight is 270 g/mol. The molecule has 0 bridgehead atoms. The summed E-state index contributed by atoms with van der Waals surface area (Å²) in [5.74, 6) is 1.77. The van der Waals surface area contributed by atoms with Gasteiger partial charge in [-0.3, -0.25) is 0 Å². The minimum absolute atomic E-state index is 0.443. The Bertz CT molecular complexity index is 321. The minimum atomic E-state index is 0.443. The first-order valence-corrected chi connectivity index (χ1v) is 6.06. The van der Waals surface area contributed by atoms with Crippen molar-refractivity contribution in [3.8, 4) is 0 Å². The normalized spacial score (nSPS) is 17.5. The van der Waals surface area contributed by atoms with Crippen LogP contribution in [0, 0.1) is 5.92 Å². The van der Waals surface area contributed by atoms with Gasteiger partial charge < -0.3 is 10.6 Å². The van der Waals surface area contributed by atoms with E-state index in [-0.39, 0.29) is 0 Å². The van der Waals surface area contributed by atoms with E-state index < -0.39 is 0 Å². The summed E-state index contributed by atoms with van der Waals surface area (Å²) < 4.78 is 1.01. The minimum Gasteiger partial charge on any atom is -0.355 e. The SMILES string of the molecule is CN(c1ccc(Br)cn1)C(CN)C1CC1. The predicted octanol–water partition coefficient (Wildman–Crippen LogP) is 2.02. The van der Waals surface area contributed by atoms with Gasteiger partial charge in [-0.25, -0.2) is 4.98 Å². The topological polar surface area (TPSA) is 42.2 Å². The van der Waals surface area contributed by atoms with Crippen LogP contribution < -0.4 is 10.6 Å². The number of likely N-dealkylation sites (N-methyl/N-ethyl adjacent to an activating group) is 1. The van der Waals surface area contributed by atoms with Gasteiger partial charge in [0.1, 0.15) is 5.82 Å². The highest BCUT2D eigenvalue weighted by Gasteiger charge is 2.33. The molecule has 1 aliphatic rings. The van der Waals surface area contributed by atoms with Crippen LogP contribution in [0.15, 0.2) is 22.8 Å². The summed E-state index contributed by atoms with van der Waals surface area (Å²) in [5.41, 5.74) is 5.80. The molecule has 4 heteroatoms. The zero-order valence-electron chi connectivity index (χ0n) is 8.86. The number of hydrogen-bond donors (Lipinski definition) is 1. The molecule has 3 nitrogen and oxygen atoms in total. The summed E-state index contributed by atoms with van der Waals surface area (Å²) in [6, 6.07) is 4.48. The van der Waals surface area contributed by atoms with Crippen molar-refractivity contribution < 1.29 is 0 Å². The Morgan fingerprint density at radius 2 is 2.33 bits per heavy atom. The number of hydrogen-bond acceptors (Lipinski definition) is 3. The molecule has 0 spiro atoms. The van der Waals surface area contributed by atoms with Gasteiger partial charge in [-0.2, -0.15) is 0 Å². The quantitative estimate of drug-likeness (QED) is 0.910. The molecule has 15 heavy (non-hydrogen) atoms. The summed E-state index contributed by atoms with van der Waals surface area (Å²) in [6.45, 7) is 0.707. The van der Waals surface area contributed by atoms with Crippen LogP contribution in [-0.4, -0.2) is 24.6 Å². The van der Waals surface area contributed by atoms with E-state index in [1.54, 1.807) is 0 Å². The van der Waals surface area contributed by atoms with Crippen molar-refractivity contribution in [2.75, 3.05) is 18.5 Å². The molecule has 2 N–H and O–H groups in total. The largest absolute Gasteiger partial charge is 0.355 e. The van der Waals surface area contributed by atoms with Crippen LogP contribution in [-0.2, 0) is 0 Å². The third-order valence-electron chi connectivity index (χ3n) is 2.98. The van der Waals surface area contributed by atoms with Crippen molar-refractivity contribution in [3.05, 3.63) is 22.8 Å². The summed E-state index contributed by atoms with van der Waals surface area (Å²) in [4.78, 5) is 6.58. The molecular formula is C11H16BrN3. The lowest BCUT2D eigenvalue weighted by Crippen LogP contribution is -2.40. The molecule has 0 aliphatic heterocycles. The van der Waals surface area contributed by atoms with E-state index in [2.05, 4.69) is 32.9 Å². The van der Waals surface area contributed by atoms with Gasteiger partial charge in [0, 0.05) is 30.3 Å². The summed E-state index contributed by atoms with van der Waals surface area (Å²) in [7, 11) is 2.08. The Morgan fingerprint density at radius 3 is 2.80 bits per heavy atom. The molecular weight excluding hydrogens is 254 g/mol. The van der Waals surface area contributed by atoms with Gasteiger partial charge in [-0.05, 0) is 46.8 Å². The molecule has 1 fully saturated rings. The molecule has 0 radical (unpaired) electrons. The van der Waals surface area contributed by atoms with Gasteiger partial charge in [-0.1, -0.05) is 0 Å². The van der Waals surface area contributed by atoms with Crippen molar-refractivity contribution >= 4 is 21.7 Å². The highest BCUT2D eigenvalue weighted by atomic mass is 79.9. The molecule has 1 unspecified atom stereocenters. The highest BCUT2D eigenvalue weighted by Crippen LogP contribution is 2.35. The van der Waals surface area contributed by atoms with Crippen molar-refractivity contribution in [1.29, 1.82) is 0 Å². The molecule has 0 saturated heterocycles. The zero-order valence-corrected chi connectivity index (χ0v) is 10.4. The molecule has 1 atom stereocenters. The van der Waals surface area contributed by atoms with Crippen molar-refractivity contribution in [1.82, 2.24) is 4.98 Å². The molecule has 1 heterocycles. The molecule has 1 aliphatic carbocycles.